The van der Waals surface area contributed by atoms with Gasteiger partial charge in [0.1, 0.15) is 12.4 Å². The van der Waals surface area contributed by atoms with Gasteiger partial charge >= 0.3 is 0 Å². The Kier molecular flexibility index (Phi) is 8.97. The molecule has 194 valence electrons. The second kappa shape index (κ2) is 12.6. The molecule has 0 aliphatic carbocycles. The van der Waals surface area contributed by atoms with Crippen LogP contribution in [0.15, 0.2) is 60.3 Å². The van der Waals surface area contributed by atoms with E-state index in [2.05, 4.69) is 22.1 Å². The molecule has 10 heteroatoms. The van der Waals surface area contributed by atoms with Gasteiger partial charge in [0.05, 0.1) is 19.0 Å². The Morgan fingerprint density at radius 3 is 2.73 bits per heavy atom. The van der Waals surface area contributed by atoms with E-state index in [-0.39, 0.29) is 24.2 Å². The second-order valence-corrected chi connectivity index (χ2v) is 9.55. The highest BCUT2D eigenvalue weighted by atomic mass is 32.2. The molecule has 1 aliphatic rings. The lowest BCUT2D eigenvalue weighted by molar-refractivity contribution is -0.113. The topological polar surface area (TPSA) is 98.6 Å². The number of aryl methyl sites for hydroxylation is 1. The van der Waals surface area contributed by atoms with Crippen molar-refractivity contribution >= 4 is 29.3 Å². The van der Waals surface area contributed by atoms with Crippen molar-refractivity contribution in [1.82, 2.24) is 19.7 Å². The van der Waals surface area contributed by atoms with E-state index >= 15 is 0 Å². The van der Waals surface area contributed by atoms with E-state index < -0.39 is 0 Å². The predicted octanol–water partition coefficient (Wildman–Crippen LogP) is 3.86. The molecule has 3 aromatic rings. The van der Waals surface area contributed by atoms with Crippen LogP contribution in [0.1, 0.15) is 27.3 Å². The van der Waals surface area contributed by atoms with Gasteiger partial charge in [-0.1, -0.05) is 36.0 Å². The van der Waals surface area contributed by atoms with Crippen molar-refractivity contribution in [2.24, 2.45) is 0 Å². The Bertz CT molecular complexity index is 1270. The number of carbonyl (C=O) groups is 2. The number of allylic oxidation sites excluding steroid dienone is 1. The minimum absolute atomic E-state index is 0.0677. The summed E-state index contributed by atoms with van der Waals surface area (Å²) in [7, 11) is 0. The fraction of sp³-hybridized carbons (Fsp3) is 0.333. The summed E-state index contributed by atoms with van der Waals surface area (Å²) >= 11 is 1.28. The summed E-state index contributed by atoms with van der Waals surface area (Å²) in [5, 5.41) is 12.0. The number of carbonyl (C=O) groups excluding carboxylic acids is 2. The van der Waals surface area contributed by atoms with E-state index in [1.165, 1.54) is 11.8 Å². The van der Waals surface area contributed by atoms with Gasteiger partial charge < -0.3 is 19.7 Å². The fourth-order valence-electron chi connectivity index (χ4n) is 3.87. The van der Waals surface area contributed by atoms with E-state index in [9.17, 15) is 9.59 Å². The summed E-state index contributed by atoms with van der Waals surface area (Å²) in [4.78, 5) is 27.2. The molecule has 0 unspecified atom stereocenters. The van der Waals surface area contributed by atoms with E-state index in [1.807, 2.05) is 36.6 Å². The number of rotatable bonds is 10. The number of amides is 2. The maximum absolute atomic E-state index is 12.7. The third-order valence-corrected chi connectivity index (χ3v) is 7.01. The molecule has 0 saturated carbocycles. The van der Waals surface area contributed by atoms with E-state index in [4.69, 9.17) is 9.47 Å². The first-order valence-corrected chi connectivity index (χ1v) is 13.1. The molecule has 0 atom stereocenters. The van der Waals surface area contributed by atoms with E-state index in [0.29, 0.717) is 55.1 Å². The number of hydrogen-bond acceptors (Lipinski definition) is 7. The molecule has 0 spiro atoms. The zero-order valence-electron chi connectivity index (χ0n) is 21.1. The summed E-state index contributed by atoms with van der Waals surface area (Å²) in [5.74, 6) is 1.31. The number of morpholine rings is 1. The van der Waals surface area contributed by atoms with Crippen molar-refractivity contribution in [2.75, 3.05) is 37.4 Å². The van der Waals surface area contributed by atoms with Crippen LogP contribution in [0.25, 0.3) is 0 Å². The van der Waals surface area contributed by atoms with Crippen LogP contribution >= 0.6 is 11.8 Å². The van der Waals surface area contributed by atoms with Gasteiger partial charge in [-0.15, -0.1) is 16.8 Å². The van der Waals surface area contributed by atoms with Crippen molar-refractivity contribution in [3.8, 4) is 5.75 Å². The average molecular weight is 522 g/mol. The lowest BCUT2D eigenvalue weighted by atomic mass is 10.1. The van der Waals surface area contributed by atoms with Gasteiger partial charge in [-0.05, 0) is 49.2 Å². The third-order valence-electron chi connectivity index (χ3n) is 6.04. The number of anilines is 1. The predicted molar refractivity (Wildman–Crippen MR) is 143 cm³/mol. The maximum Gasteiger partial charge on any atom is 0.254 e. The average Bonchev–Trinajstić information content (AvgIpc) is 3.30. The standard InChI is InChI=1S/C27H31N5O4S/c1-4-11-32-24(17-36-23-10-5-7-19(2)20(23)3)29-30-27(32)37-18-25(33)28-22-9-6-8-21(16-22)26(34)31-12-14-35-15-13-31/h4-10,16H,1,11-15,17-18H2,2-3H3,(H,28,33). The van der Waals surface area contributed by atoms with Crippen molar-refractivity contribution in [3.05, 3.63) is 77.6 Å². The molecular formula is C27H31N5O4S. The third kappa shape index (κ3) is 6.78. The van der Waals surface area contributed by atoms with Crippen LogP contribution < -0.4 is 10.1 Å². The van der Waals surface area contributed by atoms with Crippen LogP contribution in [0.5, 0.6) is 5.75 Å². The molecular weight excluding hydrogens is 490 g/mol. The maximum atomic E-state index is 12.7. The van der Waals surface area contributed by atoms with Gasteiger partial charge in [-0.25, -0.2) is 0 Å². The van der Waals surface area contributed by atoms with Crippen LogP contribution in [-0.4, -0.2) is 63.5 Å². The molecule has 9 nitrogen and oxygen atoms in total. The molecule has 1 N–H and O–H groups in total. The fourth-order valence-corrected chi connectivity index (χ4v) is 4.64. The van der Waals surface area contributed by atoms with Crippen LogP contribution in [0.2, 0.25) is 0 Å². The van der Waals surface area contributed by atoms with Gasteiger partial charge in [-0.3, -0.25) is 14.2 Å². The number of benzene rings is 2. The highest BCUT2D eigenvalue weighted by Crippen LogP contribution is 2.23. The minimum Gasteiger partial charge on any atom is -0.485 e. The Balaban J connectivity index is 1.35. The number of nitrogens with one attached hydrogen (secondary N) is 1. The van der Waals surface area contributed by atoms with Gasteiger partial charge in [0.15, 0.2) is 11.0 Å². The van der Waals surface area contributed by atoms with Crippen molar-refractivity contribution in [3.63, 3.8) is 0 Å². The second-order valence-electron chi connectivity index (χ2n) is 8.61. The number of aromatic nitrogens is 3. The van der Waals surface area contributed by atoms with Gasteiger partial charge in [0.2, 0.25) is 5.91 Å². The van der Waals surface area contributed by atoms with Crippen LogP contribution in [0, 0.1) is 13.8 Å². The first-order chi connectivity index (χ1) is 18.0. The zero-order valence-corrected chi connectivity index (χ0v) is 21.9. The lowest BCUT2D eigenvalue weighted by Gasteiger charge is -2.27. The quantitative estimate of drug-likeness (QED) is 0.320. The monoisotopic (exact) mass is 521 g/mol. The molecule has 2 amide bonds. The lowest BCUT2D eigenvalue weighted by Crippen LogP contribution is -2.40. The van der Waals surface area contributed by atoms with Crippen molar-refractivity contribution in [1.29, 1.82) is 0 Å². The molecule has 1 fully saturated rings. The molecule has 1 aromatic heterocycles. The number of hydrogen-bond donors (Lipinski definition) is 1. The largest absolute Gasteiger partial charge is 0.485 e. The molecule has 1 aliphatic heterocycles. The van der Waals surface area contributed by atoms with Gasteiger partial charge in [-0.2, -0.15) is 0 Å². The summed E-state index contributed by atoms with van der Waals surface area (Å²) in [6.07, 6.45) is 1.76. The zero-order chi connectivity index (χ0) is 26.2. The molecule has 2 heterocycles. The van der Waals surface area contributed by atoms with Crippen molar-refractivity contribution in [2.45, 2.75) is 32.2 Å². The summed E-state index contributed by atoms with van der Waals surface area (Å²) in [5.41, 5.74) is 3.34. The van der Waals surface area contributed by atoms with Crippen LogP contribution in [-0.2, 0) is 22.7 Å². The Hall–Kier alpha value is -3.63. The number of nitrogens with zero attached hydrogens (tertiary/aromatic N) is 4. The molecule has 1 saturated heterocycles. The van der Waals surface area contributed by atoms with Gasteiger partial charge in [0.25, 0.3) is 5.91 Å². The van der Waals surface area contributed by atoms with E-state index in [1.54, 1.807) is 35.2 Å². The molecule has 0 bridgehead atoms. The molecule has 2 aromatic carbocycles. The summed E-state index contributed by atoms with van der Waals surface area (Å²) < 4.78 is 13.2. The Morgan fingerprint density at radius 1 is 1.16 bits per heavy atom. The highest BCUT2D eigenvalue weighted by molar-refractivity contribution is 7.99. The Morgan fingerprint density at radius 2 is 1.95 bits per heavy atom. The van der Waals surface area contributed by atoms with Crippen LogP contribution in [0.4, 0.5) is 5.69 Å². The number of thioether (sulfide) groups is 1. The first-order valence-electron chi connectivity index (χ1n) is 12.1. The highest BCUT2D eigenvalue weighted by Gasteiger charge is 2.19. The van der Waals surface area contributed by atoms with Crippen LogP contribution in [0.3, 0.4) is 0 Å². The van der Waals surface area contributed by atoms with Gasteiger partial charge in [0, 0.05) is 30.9 Å². The smallest absolute Gasteiger partial charge is 0.254 e. The summed E-state index contributed by atoms with van der Waals surface area (Å²) in [6, 6.07) is 12.9. The van der Waals surface area contributed by atoms with Crippen molar-refractivity contribution < 1.29 is 19.1 Å². The minimum atomic E-state index is -0.206. The molecule has 37 heavy (non-hydrogen) atoms. The van der Waals surface area contributed by atoms with E-state index in [0.717, 1.165) is 16.9 Å². The molecule has 0 radical (unpaired) electrons. The SMILES string of the molecule is C=CCn1c(COc2cccc(C)c2C)nnc1SCC(=O)Nc1cccc(C(=O)N2CCOCC2)c1. The normalized spacial score (nSPS) is 13.3. The molecule has 4 rings (SSSR count). The Labute approximate surface area is 220 Å². The first kappa shape index (κ1) is 26.4. The summed E-state index contributed by atoms with van der Waals surface area (Å²) in [6.45, 7) is 10.8. The number of ether oxygens (including phenoxy) is 2.